The smallest absolute Gasteiger partial charge is 0.337 e. The van der Waals surface area contributed by atoms with E-state index >= 15 is 0 Å². The number of carbonyl (C=O) groups excluding carboxylic acids is 2. The molecule has 1 aromatic heterocycles. The average molecular weight is 333 g/mol. The number of benzene rings is 2. The first-order chi connectivity index (χ1) is 12.2. The van der Waals surface area contributed by atoms with Gasteiger partial charge in [-0.25, -0.2) is 14.6 Å². The van der Waals surface area contributed by atoms with Gasteiger partial charge in [0.2, 0.25) is 0 Å². The minimum atomic E-state index is -0.527. The van der Waals surface area contributed by atoms with E-state index in [1.807, 2.05) is 36.4 Å². The highest BCUT2D eigenvalue weighted by molar-refractivity contribution is 5.90. The molecule has 2 aromatic carbocycles. The van der Waals surface area contributed by atoms with Crippen LogP contribution in [0.15, 0.2) is 66.7 Å². The second-order valence-electron chi connectivity index (χ2n) is 5.20. The molecule has 0 radical (unpaired) electrons. The van der Waals surface area contributed by atoms with Gasteiger partial charge in [0.1, 0.15) is 5.75 Å². The average Bonchev–Trinajstić information content (AvgIpc) is 2.66. The van der Waals surface area contributed by atoms with Gasteiger partial charge in [0.15, 0.2) is 0 Å². The fraction of sp³-hybridized carbons (Fsp3) is 0.0500. The molecule has 0 N–H and O–H groups in total. The van der Waals surface area contributed by atoms with Crippen molar-refractivity contribution in [2.24, 2.45) is 0 Å². The van der Waals surface area contributed by atoms with Crippen molar-refractivity contribution in [2.45, 2.75) is 0 Å². The fourth-order valence-electron chi connectivity index (χ4n) is 2.26. The van der Waals surface area contributed by atoms with Crippen LogP contribution in [-0.2, 0) is 9.53 Å². The molecule has 0 unspecified atom stereocenters. The normalized spacial score (nSPS) is 10.8. The van der Waals surface area contributed by atoms with Crippen LogP contribution in [0.25, 0.3) is 17.0 Å². The van der Waals surface area contributed by atoms with E-state index in [1.54, 1.807) is 6.08 Å². The summed E-state index contributed by atoms with van der Waals surface area (Å²) in [6, 6.07) is 17.6. The summed E-state index contributed by atoms with van der Waals surface area (Å²) >= 11 is 0. The number of aromatic nitrogens is 1. The van der Waals surface area contributed by atoms with E-state index in [9.17, 15) is 9.59 Å². The summed E-state index contributed by atoms with van der Waals surface area (Å²) in [5, 5.41) is 1.04. The van der Waals surface area contributed by atoms with Gasteiger partial charge in [-0.05, 0) is 42.5 Å². The van der Waals surface area contributed by atoms with E-state index in [4.69, 9.17) is 4.74 Å². The Kier molecular flexibility index (Phi) is 4.85. The first-order valence-electron chi connectivity index (χ1n) is 7.60. The number of carbonyl (C=O) groups is 2. The molecule has 3 rings (SSSR count). The van der Waals surface area contributed by atoms with Crippen LogP contribution >= 0.6 is 0 Å². The van der Waals surface area contributed by atoms with Gasteiger partial charge in [-0.2, -0.15) is 0 Å². The summed E-state index contributed by atoms with van der Waals surface area (Å²) in [7, 11) is 1.31. The minimum absolute atomic E-state index is 0.341. The molecule has 124 valence electrons. The lowest BCUT2D eigenvalue weighted by molar-refractivity contribution is -0.128. The van der Waals surface area contributed by atoms with Crippen molar-refractivity contribution in [3.05, 3.63) is 78.0 Å². The SMILES string of the molecule is COC(=O)c1ccc(OC(=O)/C=C/c2ccc3ccccc3n2)cc1. The number of nitrogens with zero attached hydrogens (tertiary/aromatic N) is 1. The summed E-state index contributed by atoms with van der Waals surface area (Å²) in [5.74, 6) is -0.630. The lowest BCUT2D eigenvalue weighted by Crippen LogP contribution is -2.05. The van der Waals surface area contributed by atoms with E-state index in [-0.39, 0.29) is 0 Å². The van der Waals surface area contributed by atoms with Crippen LogP contribution in [0.2, 0.25) is 0 Å². The molecular formula is C20H15NO4. The van der Waals surface area contributed by atoms with Crippen LogP contribution in [0.4, 0.5) is 0 Å². The topological polar surface area (TPSA) is 65.5 Å². The van der Waals surface area contributed by atoms with Gasteiger partial charge < -0.3 is 9.47 Å². The molecule has 0 aliphatic carbocycles. The van der Waals surface area contributed by atoms with Gasteiger partial charge in [-0.15, -0.1) is 0 Å². The zero-order valence-electron chi connectivity index (χ0n) is 13.5. The van der Waals surface area contributed by atoms with Crippen molar-refractivity contribution in [1.29, 1.82) is 0 Å². The summed E-state index contributed by atoms with van der Waals surface area (Å²) in [6.45, 7) is 0. The Morgan fingerprint density at radius 1 is 0.960 bits per heavy atom. The third kappa shape index (κ3) is 4.09. The van der Waals surface area contributed by atoms with E-state index in [1.165, 1.54) is 37.5 Å². The third-order valence-electron chi connectivity index (χ3n) is 3.50. The first-order valence-corrected chi connectivity index (χ1v) is 7.60. The van der Waals surface area contributed by atoms with Crippen molar-refractivity contribution in [3.8, 4) is 5.75 Å². The quantitative estimate of drug-likeness (QED) is 0.414. The molecule has 3 aromatic rings. The standard InChI is InChI=1S/C20H15NO4/c1-24-20(23)15-7-11-17(12-8-15)25-19(22)13-10-16-9-6-14-4-2-3-5-18(14)21-16/h2-13H,1H3/b13-10+. The number of rotatable bonds is 4. The van der Waals surface area contributed by atoms with E-state index in [0.717, 1.165) is 10.9 Å². The van der Waals surface area contributed by atoms with E-state index < -0.39 is 11.9 Å². The van der Waals surface area contributed by atoms with Crippen LogP contribution < -0.4 is 4.74 Å². The van der Waals surface area contributed by atoms with Crippen LogP contribution in [0, 0.1) is 0 Å². The molecule has 25 heavy (non-hydrogen) atoms. The van der Waals surface area contributed by atoms with Crippen LogP contribution in [0.5, 0.6) is 5.75 Å². The molecule has 0 fully saturated rings. The number of hydrogen-bond acceptors (Lipinski definition) is 5. The largest absolute Gasteiger partial charge is 0.465 e. The molecule has 0 bridgehead atoms. The molecule has 0 aliphatic heterocycles. The summed E-state index contributed by atoms with van der Waals surface area (Å²) in [4.78, 5) is 27.7. The van der Waals surface area contributed by atoms with Gasteiger partial charge in [0.25, 0.3) is 0 Å². The van der Waals surface area contributed by atoms with Crippen molar-refractivity contribution in [1.82, 2.24) is 4.98 Å². The molecule has 0 saturated carbocycles. The zero-order valence-corrected chi connectivity index (χ0v) is 13.5. The van der Waals surface area contributed by atoms with E-state index in [0.29, 0.717) is 17.0 Å². The van der Waals surface area contributed by atoms with Gasteiger partial charge in [-0.1, -0.05) is 24.3 Å². The third-order valence-corrected chi connectivity index (χ3v) is 3.50. The molecule has 0 aliphatic rings. The van der Waals surface area contributed by atoms with Crippen LogP contribution in [-0.4, -0.2) is 24.0 Å². The lowest BCUT2D eigenvalue weighted by atomic mass is 10.2. The predicted molar refractivity (Wildman–Crippen MR) is 94.2 cm³/mol. The lowest BCUT2D eigenvalue weighted by Gasteiger charge is -2.03. The number of fused-ring (bicyclic) bond motifs is 1. The van der Waals surface area contributed by atoms with Crippen molar-refractivity contribution < 1.29 is 19.1 Å². The molecule has 0 saturated heterocycles. The van der Waals surface area contributed by atoms with Crippen molar-refractivity contribution in [3.63, 3.8) is 0 Å². The number of hydrogen-bond donors (Lipinski definition) is 0. The van der Waals surface area contributed by atoms with Crippen molar-refractivity contribution >= 4 is 28.9 Å². The summed E-state index contributed by atoms with van der Waals surface area (Å²) in [5.41, 5.74) is 1.91. The minimum Gasteiger partial charge on any atom is -0.465 e. The first kappa shape index (κ1) is 16.4. The Morgan fingerprint density at radius 3 is 2.48 bits per heavy atom. The Bertz CT molecular complexity index is 945. The van der Waals surface area contributed by atoms with Gasteiger partial charge >= 0.3 is 11.9 Å². The summed E-state index contributed by atoms with van der Waals surface area (Å²) in [6.07, 6.45) is 2.91. The second kappa shape index (κ2) is 7.40. The zero-order chi connectivity index (χ0) is 17.6. The monoisotopic (exact) mass is 333 g/mol. The Balaban J connectivity index is 1.66. The van der Waals surface area contributed by atoms with Gasteiger partial charge in [0, 0.05) is 11.5 Å². The van der Waals surface area contributed by atoms with Gasteiger partial charge in [-0.3, -0.25) is 0 Å². The molecule has 5 nitrogen and oxygen atoms in total. The molecular weight excluding hydrogens is 318 g/mol. The maximum Gasteiger partial charge on any atom is 0.337 e. The highest BCUT2D eigenvalue weighted by atomic mass is 16.5. The number of pyridine rings is 1. The molecule has 5 heteroatoms. The van der Waals surface area contributed by atoms with Crippen molar-refractivity contribution in [2.75, 3.05) is 7.11 Å². The fourth-order valence-corrected chi connectivity index (χ4v) is 2.26. The maximum absolute atomic E-state index is 11.9. The van der Waals surface area contributed by atoms with Crippen LogP contribution in [0.3, 0.4) is 0 Å². The Morgan fingerprint density at radius 2 is 1.72 bits per heavy atom. The molecule has 1 heterocycles. The Labute approximate surface area is 144 Å². The van der Waals surface area contributed by atoms with Crippen LogP contribution in [0.1, 0.15) is 16.1 Å². The number of esters is 2. The molecule has 0 atom stereocenters. The van der Waals surface area contributed by atoms with Gasteiger partial charge in [0.05, 0.1) is 23.9 Å². The number of methoxy groups -OCH3 is 1. The Hall–Kier alpha value is -3.47. The molecule has 0 amide bonds. The second-order valence-corrected chi connectivity index (χ2v) is 5.20. The number of ether oxygens (including phenoxy) is 2. The highest BCUT2D eigenvalue weighted by Gasteiger charge is 2.06. The summed E-state index contributed by atoms with van der Waals surface area (Å²) < 4.78 is 9.80. The number of para-hydroxylation sites is 1. The highest BCUT2D eigenvalue weighted by Crippen LogP contribution is 2.14. The maximum atomic E-state index is 11.9. The van der Waals surface area contributed by atoms with E-state index in [2.05, 4.69) is 9.72 Å². The molecule has 0 spiro atoms. The predicted octanol–water partition coefficient (Wildman–Crippen LogP) is 3.64.